The van der Waals surface area contributed by atoms with Crippen LogP contribution in [0.15, 0.2) is 97.8 Å². The maximum atomic E-state index is 14.0. The summed E-state index contributed by atoms with van der Waals surface area (Å²) >= 11 is 0. The number of methoxy groups -OCH3 is 2. The minimum Gasteiger partial charge on any atom is -0.495 e. The molecule has 14 nitrogen and oxygen atoms in total. The van der Waals surface area contributed by atoms with Crippen LogP contribution in [0.4, 0.5) is 17.6 Å². The van der Waals surface area contributed by atoms with Crippen LogP contribution >= 0.6 is 0 Å². The van der Waals surface area contributed by atoms with Gasteiger partial charge in [0.1, 0.15) is 22.3 Å². The van der Waals surface area contributed by atoms with Crippen LogP contribution in [0.5, 0.6) is 11.5 Å². The number of nitrogens with zero attached hydrogens (tertiary/aromatic N) is 12. The molecule has 0 aliphatic carbocycles. The molecule has 6 heterocycles. The summed E-state index contributed by atoms with van der Waals surface area (Å²) in [4.78, 5) is 17.7. The Balaban J connectivity index is 0.000000174. The van der Waals surface area contributed by atoms with E-state index in [1.165, 1.54) is 12.1 Å². The summed E-state index contributed by atoms with van der Waals surface area (Å²) in [5, 5.41) is 29.3. The maximum Gasteiger partial charge on any atom is 0.174 e. The van der Waals surface area contributed by atoms with E-state index in [9.17, 15) is 28.1 Å². The van der Waals surface area contributed by atoms with Gasteiger partial charge < -0.3 is 18.6 Å². The molecule has 0 saturated carbocycles. The van der Waals surface area contributed by atoms with Gasteiger partial charge in [0.15, 0.2) is 46.6 Å². The molecule has 70 heavy (non-hydrogen) atoms. The molecule has 0 amide bonds. The molecule has 0 bridgehead atoms. The van der Waals surface area contributed by atoms with Crippen molar-refractivity contribution in [3.05, 3.63) is 178 Å². The molecule has 0 spiro atoms. The lowest BCUT2D eigenvalue weighted by Gasteiger charge is -2.30. The van der Waals surface area contributed by atoms with Gasteiger partial charge in [-0.05, 0) is 122 Å². The molecule has 352 valence electrons. The third kappa shape index (κ3) is 8.82. The Labute approximate surface area is 400 Å². The van der Waals surface area contributed by atoms with Crippen molar-refractivity contribution in [2.24, 2.45) is 0 Å². The molecule has 4 aromatic heterocycles. The number of hydrogen-bond acceptors (Lipinski definition) is 10. The van der Waals surface area contributed by atoms with Crippen molar-refractivity contribution in [2.45, 2.75) is 63.5 Å². The summed E-state index contributed by atoms with van der Waals surface area (Å²) in [7, 11) is 3.22. The number of aryl methyl sites for hydroxylation is 4. The van der Waals surface area contributed by atoms with Gasteiger partial charge >= 0.3 is 0 Å². The third-order valence-electron chi connectivity index (χ3n) is 12.4. The highest BCUT2D eigenvalue weighted by Gasteiger charge is 2.44. The largest absolute Gasteiger partial charge is 0.495 e. The topological polar surface area (TPSA) is 163 Å². The molecule has 0 radical (unpaired) electrons. The van der Waals surface area contributed by atoms with Crippen molar-refractivity contribution in [2.75, 3.05) is 14.2 Å². The number of ether oxygens (including phenoxy) is 2. The number of imidazole rings is 2. The van der Waals surface area contributed by atoms with E-state index < -0.39 is 34.1 Å². The number of nitriles is 2. The Kier molecular flexibility index (Phi) is 12.7. The lowest BCUT2D eigenvalue weighted by atomic mass is 9.75. The minimum absolute atomic E-state index is 0.373. The van der Waals surface area contributed by atoms with Crippen LogP contribution in [0.25, 0.3) is 35.7 Å². The Hall–Kier alpha value is -8.64. The number of hydrogen-bond donors (Lipinski definition) is 0. The molecule has 10 rings (SSSR count). The highest BCUT2D eigenvalue weighted by Crippen LogP contribution is 2.41. The van der Waals surface area contributed by atoms with Crippen LogP contribution < -0.4 is 9.47 Å². The number of aromatic nitrogens is 10. The van der Waals surface area contributed by atoms with E-state index in [4.69, 9.17) is 9.47 Å². The van der Waals surface area contributed by atoms with E-state index in [2.05, 4.69) is 42.3 Å². The zero-order valence-corrected chi connectivity index (χ0v) is 38.5. The summed E-state index contributed by atoms with van der Waals surface area (Å²) < 4.78 is 73.3. The highest BCUT2D eigenvalue weighted by atomic mass is 19.2. The minimum atomic E-state index is -1.19. The lowest BCUT2D eigenvalue weighted by Crippen LogP contribution is -2.34. The van der Waals surface area contributed by atoms with Gasteiger partial charge in [-0.25, -0.2) is 46.9 Å². The molecule has 0 unspecified atom stereocenters. The van der Waals surface area contributed by atoms with Crippen molar-refractivity contribution in [1.29, 1.82) is 10.5 Å². The Morgan fingerprint density at radius 1 is 0.571 bits per heavy atom. The van der Waals surface area contributed by atoms with Crippen molar-refractivity contribution >= 4 is 24.3 Å². The van der Waals surface area contributed by atoms with E-state index in [0.29, 0.717) is 84.7 Å². The van der Waals surface area contributed by atoms with Gasteiger partial charge in [0.05, 0.1) is 61.8 Å². The smallest absolute Gasteiger partial charge is 0.174 e. The summed E-state index contributed by atoms with van der Waals surface area (Å²) in [6, 6.07) is 23.3. The molecule has 2 atom stereocenters. The number of fused-ring (bicyclic) bond motifs is 2. The van der Waals surface area contributed by atoms with Gasteiger partial charge in [-0.3, -0.25) is 0 Å². The monoisotopic (exact) mass is 944 g/mol. The molecule has 2 aliphatic heterocycles. The second-order valence-electron chi connectivity index (χ2n) is 16.9. The average molecular weight is 945 g/mol. The van der Waals surface area contributed by atoms with Crippen LogP contribution in [0, 0.1) is 59.8 Å². The Bertz CT molecular complexity index is 3190. The Morgan fingerprint density at radius 3 is 1.36 bits per heavy atom. The summed E-state index contributed by atoms with van der Waals surface area (Å²) in [5.74, 6) is -0.795. The zero-order valence-electron chi connectivity index (χ0n) is 38.5. The first-order valence-corrected chi connectivity index (χ1v) is 22.3. The van der Waals surface area contributed by atoms with E-state index in [0.717, 1.165) is 58.2 Å². The van der Waals surface area contributed by atoms with Crippen molar-refractivity contribution in [1.82, 2.24) is 48.6 Å². The summed E-state index contributed by atoms with van der Waals surface area (Å²) in [6.45, 7) is 5.03. The van der Waals surface area contributed by atoms with Gasteiger partial charge in [0.2, 0.25) is 0 Å². The van der Waals surface area contributed by atoms with E-state index in [-0.39, 0.29) is 0 Å². The second-order valence-corrected chi connectivity index (χ2v) is 16.9. The number of rotatable bonds is 10. The van der Waals surface area contributed by atoms with Crippen LogP contribution in [-0.2, 0) is 23.9 Å². The van der Waals surface area contributed by atoms with Crippen molar-refractivity contribution in [3.8, 4) is 35.0 Å². The van der Waals surface area contributed by atoms with Gasteiger partial charge in [-0.2, -0.15) is 20.7 Å². The van der Waals surface area contributed by atoms with Crippen LogP contribution in [0.3, 0.4) is 0 Å². The zero-order chi connectivity index (χ0) is 49.2. The van der Waals surface area contributed by atoms with E-state index >= 15 is 0 Å². The number of halogens is 4. The number of benzene rings is 4. The van der Waals surface area contributed by atoms with Crippen LogP contribution in [-0.4, -0.2) is 62.9 Å². The molecule has 0 saturated heterocycles. The molecular formula is C52H44F4N12O2. The molecule has 2 aliphatic rings. The molecular weight excluding hydrogens is 901 g/mol. The van der Waals surface area contributed by atoms with E-state index in [1.54, 1.807) is 48.4 Å². The first kappa shape index (κ1) is 46.5. The SMILES string of the molecule is COc1cc(/C=C/c2nc3n(n2)CCC[C@@]3(C#N)c2ccc(F)c(F)c2)ccc1-n1cnc(C)c1.COc1cc(/C=C/c2nc3n(n2)CCC[C@]3(C#N)c2ccc(F)c(F)c2)ccc1-n1cnc(C)c1. The molecule has 4 aromatic carbocycles. The van der Waals surface area contributed by atoms with Gasteiger partial charge in [-0.1, -0.05) is 36.4 Å². The molecule has 18 heteroatoms. The lowest BCUT2D eigenvalue weighted by molar-refractivity contribution is 0.390. The molecule has 8 aromatic rings. The van der Waals surface area contributed by atoms with Crippen LogP contribution in [0.2, 0.25) is 0 Å². The van der Waals surface area contributed by atoms with E-state index in [1.807, 2.05) is 83.9 Å². The maximum absolute atomic E-state index is 14.0. The fourth-order valence-corrected chi connectivity index (χ4v) is 8.90. The first-order valence-electron chi connectivity index (χ1n) is 22.3. The molecule has 0 N–H and O–H groups in total. The standard InChI is InChI=1S/2C26H22F2N6O/c2*1-17-14-33(16-30-17)22-8-4-18(12-23(22)35-2)5-9-24-31-25-26(15-29,10-3-11-34(25)32-24)19-6-7-20(27)21(28)13-19/h2*4-9,12-14,16H,3,10-11H2,1-2H3/b2*9-5+/t2*26-/m10/s1. The highest BCUT2D eigenvalue weighted by molar-refractivity contribution is 5.70. The third-order valence-corrected chi connectivity index (χ3v) is 12.4. The molecule has 0 fully saturated rings. The quantitative estimate of drug-likeness (QED) is 0.121. The van der Waals surface area contributed by atoms with Gasteiger partial charge in [0.25, 0.3) is 0 Å². The average Bonchev–Trinajstić information content (AvgIpc) is 4.21. The second kappa shape index (κ2) is 19.2. The van der Waals surface area contributed by atoms with Gasteiger partial charge in [-0.15, -0.1) is 0 Å². The van der Waals surface area contributed by atoms with Crippen molar-refractivity contribution < 1.29 is 27.0 Å². The fourth-order valence-electron chi connectivity index (χ4n) is 8.90. The Morgan fingerprint density at radius 2 is 1.00 bits per heavy atom. The van der Waals surface area contributed by atoms with Gasteiger partial charge in [0, 0.05) is 25.5 Å². The summed E-state index contributed by atoms with van der Waals surface area (Å²) in [5.41, 5.74) is 3.65. The first-order chi connectivity index (χ1) is 33.9. The predicted octanol–water partition coefficient (Wildman–Crippen LogP) is 9.67. The van der Waals surface area contributed by atoms with Crippen LogP contribution in [0.1, 0.15) is 82.6 Å². The predicted molar refractivity (Wildman–Crippen MR) is 252 cm³/mol. The summed E-state index contributed by atoms with van der Waals surface area (Å²) in [6.07, 6.45) is 16.8. The normalized spacial score (nSPS) is 17.3. The fraction of sp³-hybridized carbons (Fsp3) is 0.231. The van der Waals surface area contributed by atoms with Crippen molar-refractivity contribution in [3.63, 3.8) is 0 Å².